The maximum Gasteiger partial charge on any atom is 0.261 e. The summed E-state index contributed by atoms with van der Waals surface area (Å²) in [5.74, 6) is 1.20. The van der Waals surface area contributed by atoms with E-state index in [9.17, 15) is 8.42 Å². The number of benzene rings is 3. The molecule has 0 aliphatic heterocycles. The first kappa shape index (κ1) is 17.6. The molecule has 0 spiro atoms. The maximum atomic E-state index is 12.5. The van der Waals surface area contributed by atoms with Crippen molar-refractivity contribution < 1.29 is 13.2 Å². The van der Waals surface area contributed by atoms with Crippen molar-refractivity contribution in [2.24, 2.45) is 0 Å². The van der Waals surface area contributed by atoms with E-state index in [2.05, 4.69) is 4.72 Å². The van der Waals surface area contributed by atoms with Crippen LogP contribution in [0.5, 0.6) is 11.5 Å². The van der Waals surface area contributed by atoms with Gasteiger partial charge < -0.3 is 4.74 Å². The summed E-state index contributed by atoms with van der Waals surface area (Å²) < 4.78 is 33.0. The van der Waals surface area contributed by atoms with Crippen molar-refractivity contribution in [2.45, 2.75) is 4.90 Å². The minimum Gasteiger partial charge on any atom is -0.457 e. The lowest BCUT2D eigenvalue weighted by molar-refractivity contribution is 0.482. The molecule has 0 aliphatic rings. The predicted molar refractivity (Wildman–Crippen MR) is 100 cm³/mol. The lowest BCUT2D eigenvalue weighted by Gasteiger charge is -2.11. The van der Waals surface area contributed by atoms with Crippen LogP contribution in [0.1, 0.15) is 0 Å². The highest BCUT2D eigenvalue weighted by molar-refractivity contribution is 7.92. The third kappa shape index (κ3) is 4.25. The van der Waals surface area contributed by atoms with Crippen LogP contribution < -0.4 is 9.46 Å². The molecule has 4 nitrogen and oxygen atoms in total. The highest BCUT2D eigenvalue weighted by Crippen LogP contribution is 2.31. The Morgan fingerprint density at radius 2 is 1.40 bits per heavy atom. The third-order valence-electron chi connectivity index (χ3n) is 3.31. The van der Waals surface area contributed by atoms with E-state index >= 15 is 0 Å². The second-order valence-electron chi connectivity index (χ2n) is 5.09. The lowest BCUT2D eigenvalue weighted by Crippen LogP contribution is -2.13. The van der Waals surface area contributed by atoms with Crippen LogP contribution in [0.3, 0.4) is 0 Å². The molecule has 128 valence electrons. The SMILES string of the molecule is O=S(=O)(Nc1cccc(Cl)c1Cl)c1ccc(Oc2ccccc2)cc1. The van der Waals surface area contributed by atoms with E-state index in [-0.39, 0.29) is 20.6 Å². The Morgan fingerprint density at radius 3 is 2.08 bits per heavy atom. The fourth-order valence-corrected chi connectivity index (χ4v) is 3.57. The monoisotopic (exact) mass is 393 g/mol. The van der Waals surface area contributed by atoms with Gasteiger partial charge in [-0.1, -0.05) is 47.5 Å². The summed E-state index contributed by atoms with van der Waals surface area (Å²) in [6.07, 6.45) is 0. The van der Waals surface area contributed by atoms with Crippen LogP contribution in [0.15, 0.2) is 77.7 Å². The molecule has 0 aliphatic carbocycles. The molecule has 3 rings (SSSR count). The van der Waals surface area contributed by atoms with Crippen LogP contribution in [0.25, 0.3) is 0 Å². The van der Waals surface area contributed by atoms with Crippen LogP contribution in [0.2, 0.25) is 10.0 Å². The van der Waals surface area contributed by atoms with Crippen molar-refractivity contribution >= 4 is 38.9 Å². The van der Waals surface area contributed by atoms with E-state index in [1.165, 1.54) is 12.1 Å². The Bertz CT molecular complexity index is 975. The van der Waals surface area contributed by atoms with Gasteiger partial charge >= 0.3 is 0 Å². The Morgan fingerprint density at radius 1 is 0.760 bits per heavy atom. The third-order valence-corrected chi connectivity index (χ3v) is 5.51. The number of rotatable bonds is 5. The van der Waals surface area contributed by atoms with E-state index in [0.717, 1.165) is 0 Å². The second-order valence-corrected chi connectivity index (χ2v) is 7.56. The summed E-state index contributed by atoms with van der Waals surface area (Å²) in [5.41, 5.74) is 0.221. The van der Waals surface area contributed by atoms with E-state index in [1.807, 2.05) is 30.3 Å². The van der Waals surface area contributed by atoms with Gasteiger partial charge in [0.15, 0.2) is 0 Å². The molecule has 0 aromatic heterocycles. The molecular weight excluding hydrogens is 381 g/mol. The summed E-state index contributed by atoms with van der Waals surface area (Å²) in [5, 5.41) is 0.422. The molecule has 0 saturated carbocycles. The first-order chi connectivity index (χ1) is 12.0. The summed E-state index contributed by atoms with van der Waals surface area (Å²) in [6.45, 7) is 0. The molecule has 0 fully saturated rings. The van der Waals surface area contributed by atoms with Crippen LogP contribution in [0.4, 0.5) is 5.69 Å². The topological polar surface area (TPSA) is 55.4 Å². The van der Waals surface area contributed by atoms with E-state index in [1.54, 1.807) is 30.3 Å². The Labute approximate surface area is 156 Å². The molecule has 25 heavy (non-hydrogen) atoms. The maximum absolute atomic E-state index is 12.5. The van der Waals surface area contributed by atoms with E-state index < -0.39 is 10.0 Å². The lowest BCUT2D eigenvalue weighted by atomic mass is 10.3. The van der Waals surface area contributed by atoms with Gasteiger partial charge in [0.1, 0.15) is 11.5 Å². The highest BCUT2D eigenvalue weighted by atomic mass is 35.5. The molecule has 3 aromatic rings. The molecular formula is C18H13Cl2NO3S. The number of hydrogen-bond donors (Lipinski definition) is 1. The Hall–Kier alpha value is -2.21. The molecule has 1 N–H and O–H groups in total. The van der Waals surface area contributed by atoms with Gasteiger partial charge in [0.25, 0.3) is 10.0 Å². The normalized spacial score (nSPS) is 11.1. The van der Waals surface area contributed by atoms with Gasteiger partial charge in [-0.15, -0.1) is 0 Å². The van der Waals surface area contributed by atoms with Crippen LogP contribution in [0, 0.1) is 0 Å². The van der Waals surface area contributed by atoms with Crippen LogP contribution in [-0.4, -0.2) is 8.42 Å². The van der Waals surface area contributed by atoms with Crippen molar-refractivity contribution in [2.75, 3.05) is 4.72 Å². The Kier molecular flexibility index (Phi) is 5.18. The van der Waals surface area contributed by atoms with Gasteiger partial charge in [-0.25, -0.2) is 8.42 Å². The summed E-state index contributed by atoms with van der Waals surface area (Å²) in [7, 11) is -3.79. The average molecular weight is 394 g/mol. The number of sulfonamides is 1. The van der Waals surface area contributed by atoms with Crippen molar-refractivity contribution in [3.63, 3.8) is 0 Å². The Balaban J connectivity index is 1.80. The van der Waals surface area contributed by atoms with Crippen molar-refractivity contribution in [3.05, 3.63) is 82.8 Å². The molecule has 0 unspecified atom stereocenters. The fraction of sp³-hybridized carbons (Fsp3) is 0. The summed E-state index contributed by atoms with van der Waals surface area (Å²) >= 11 is 11.9. The summed E-state index contributed by atoms with van der Waals surface area (Å²) in [6, 6.07) is 20.0. The highest BCUT2D eigenvalue weighted by Gasteiger charge is 2.16. The summed E-state index contributed by atoms with van der Waals surface area (Å²) in [4.78, 5) is 0.0870. The number of anilines is 1. The average Bonchev–Trinajstić information content (AvgIpc) is 2.60. The van der Waals surface area contributed by atoms with Gasteiger partial charge in [-0.3, -0.25) is 4.72 Å². The van der Waals surface area contributed by atoms with Gasteiger partial charge in [-0.05, 0) is 48.5 Å². The minimum atomic E-state index is -3.79. The van der Waals surface area contributed by atoms with Crippen molar-refractivity contribution in [3.8, 4) is 11.5 Å². The molecule has 0 saturated heterocycles. The van der Waals surface area contributed by atoms with Gasteiger partial charge in [0, 0.05) is 0 Å². The zero-order chi connectivity index (χ0) is 17.9. The minimum absolute atomic E-state index is 0.0870. The molecule has 7 heteroatoms. The molecule has 0 bridgehead atoms. The second kappa shape index (κ2) is 7.35. The number of halogens is 2. The molecule has 3 aromatic carbocycles. The molecule has 0 amide bonds. The van der Waals surface area contributed by atoms with E-state index in [4.69, 9.17) is 27.9 Å². The number of ether oxygens (including phenoxy) is 1. The molecule has 0 atom stereocenters. The standard InChI is InChI=1S/C18H13Cl2NO3S/c19-16-7-4-8-17(18(16)20)21-25(22,23)15-11-9-14(10-12-15)24-13-5-2-1-3-6-13/h1-12,21H. The van der Waals surface area contributed by atoms with Gasteiger partial charge in [0.2, 0.25) is 0 Å². The smallest absolute Gasteiger partial charge is 0.261 e. The van der Waals surface area contributed by atoms with Crippen molar-refractivity contribution in [1.82, 2.24) is 0 Å². The van der Waals surface area contributed by atoms with Gasteiger partial charge in [-0.2, -0.15) is 0 Å². The van der Waals surface area contributed by atoms with Crippen molar-refractivity contribution in [1.29, 1.82) is 0 Å². The zero-order valence-electron chi connectivity index (χ0n) is 12.8. The van der Waals surface area contributed by atoms with Crippen LogP contribution >= 0.6 is 23.2 Å². The zero-order valence-corrected chi connectivity index (χ0v) is 15.1. The quantitative estimate of drug-likeness (QED) is 0.614. The number of hydrogen-bond acceptors (Lipinski definition) is 3. The van der Waals surface area contributed by atoms with Crippen LogP contribution in [-0.2, 0) is 10.0 Å². The number of nitrogens with one attached hydrogen (secondary N) is 1. The van der Waals surface area contributed by atoms with E-state index in [0.29, 0.717) is 11.5 Å². The first-order valence-corrected chi connectivity index (χ1v) is 9.49. The van der Waals surface area contributed by atoms with Gasteiger partial charge in [0.05, 0.1) is 20.6 Å². The largest absolute Gasteiger partial charge is 0.457 e. The first-order valence-electron chi connectivity index (χ1n) is 7.25. The number of para-hydroxylation sites is 1. The predicted octanol–water partition coefficient (Wildman–Crippen LogP) is 5.59. The molecule has 0 heterocycles. The fourth-order valence-electron chi connectivity index (χ4n) is 2.10. The molecule has 0 radical (unpaired) electrons.